The molecule has 1 aromatic carbocycles. The highest BCUT2D eigenvalue weighted by Crippen LogP contribution is 2.24. The van der Waals surface area contributed by atoms with E-state index in [9.17, 15) is 4.79 Å². The van der Waals surface area contributed by atoms with Crippen LogP contribution in [-0.4, -0.2) is 9.78 Å². The Bertz CT molecular complexity index is 716. The number of hydrogen-bond acceptors (Lipinski definition) is 3. The van der Waals surface area contributed by atoms with Crippen LogP contribution in [-0.2, 0) is 13.2 Å². The molecule has 2 aromatic rings. The van der Waals surface area contributed by atoms with Crippen molar-refractivity contribution in [2.45, 2.75) is 32.9 Å². The Balaban J connectivity index is 2.13. The van der Waals surface area contributed by atoms with Crippen LogP contribution in [0.25, 0.3) is 0 Å². The van der Waals surface area contributed by atoms with Crippen molar-refractivity contribution in [3.05, 3.63) is 55.4 Å². The van der Waals surface area contributed by atoms with Crippen LogP contribution >= 0.6 is 34.8 Å². The van der Waals surface area contributed by atoms with E-state index in [4.69, 9.17) is 39.5 Å². The summed E-state index contributed by atoms with van der Waals surface area (Å²) < 4.78 is 6.89. The summed E-state index contributed by atoms with van der Waals surface area (Å²) in [6, 6.07) is 5.10. The van der Waals surface area contributed by atoms with Gasteiger partial charge in [0, 0.05) is 22.2 Å². The highest BCUT2D eigenvalue weighted by Gasteiger charge is 2.11. The number of rotatable bonds is 6. The van der Waals surface area contributed by atoms with Crippen molar-refractivity contribution in [1.29, 1.82) is 0 Å². The molecule has 4 nitrogen and oxygen atoms in total. The Labute approximate surface area is 143 Å². The lowest BCUT2D eigenvalue weighted by Crippen LogP contribution is -2.23. The highest BCUT2D eigenvalue weighted by molar-refractivity contribution is 6.35. The molecule has 0 atom stereocenters. The van der Waals surface area contributed by atoms with E-state index in [0.717, 1.165) is 18.4 Å². The molecule has 0 spiro atoms. The third-order valence-corrected chi connectivity index (χ3v) is 4.01. The molecule has 0 aliphatic heterocycles. The molecular weight excluding hydrogens is 347 g/mol. The van der Waals surface area contributed by atoms with Crippen LogP contribution in [0.2, 0.25) is 15.1 Å². The predicted octanol–water partition coefficient (Wildman–Crippen LogP) is 4.58. The largest absolute Gasteiger partial charge is 0.485 e. The lowest BCUT2D eigenvalue weighted by molar-refractivity contribution is 0.302. The van der Waals surface area contributed by atoms with Gasteiger partial charge in [0.05, 0.1) is 6.20 Å². The minimum absolute atomic E-state index is 0.0242. The van der Waals surface area contributed by atoms with E-state index in [-0.39, 0.29) is 22.9 Å². The fourth-order valence-corrected chi connectivity index (χ4v) is 2.48. The van der Waals surface area contributed by atoms with Crippen molar-refractivity contribution in [2.75, 3.05) is 0 Å². The van der Waals surface area contributed by atoms with Gasteiger partial charge in [0.15, 0.2) is 10.8 Å². The molecule has 1 aromatic heterocycles. The predicted molar refractivity (Wildman–Crippen MR) is 89.2 cm³/mol. The summed E-state index contributed by atoms with van der Waals surface area (Å²) in [6.07, 6.45) is 3.28. The highest BCUT2D eigenvalue weighted by atomic mass is 35.5. The Morgan fingerprint density at radius 3 is 2.73 bits per heavy atom. The van der Waals surface area contributed by atoms with Gasteiger partial charge in [-0.05, 0) is 18.6 Å². The van der Waals surface area contributed by atoms with Gasteiger partial charge in [0.2, 0.25) is 0 Å². The molecule has 0 radical (unpaired) electrons. The quantitative estimate of drug-likeness (QED) is 0.756. The second-order valence-electron chi connectivity index (χ2n) is 4.73. The molecule has 0 amide bonds. The number of benzene rings is 1. The Morgan fingerprint density at radius 1 is 1.27 bits per heavy atom. The number of nitrogens with zero attached hydrogens (tertiary/aromatic N) is 2. The molecule has 0 bridgehead atoms. The zero-order valence-electron chi connectivity index (χ0n) is 12.0. The first-order valence-electron chi connectivity index (χ1n) is 6.85. The van der Waals surface area contributed by atoms with Gasteiger partial charge < -0.3 is 4.74 Å². The number of aryl methyl sites for hydroxylation is 1. The van der Waals surface area contributed by atoms with E-state index in [0.29, 0.717) is 16.6 Å². The van der Waals surface area contributed by atoms with Crippen LogP contribution in [0.3, 0.4) is 0 Å². The topological polar surface area (TPSA) is 44.1 Å². The average molecular weight is 362 g/mol. The first kappa shape index (κ1) is 17.1. The first-order chi connectivity index (χ1) is 10.5. The monoisotopic (exact) mass is 360 g/mol. The first-order valence-corrected chi connectivity index (χ1v) is 7.98. The van der Waals surface area contributed by atoms with E-state index in [1.807, 2.05) is 6.92 Å². The van der Waals surface area contributed by atoms with Gasteiger partial charge in [-0.1, -0.05) is 54.2 Å². The third kappa shape index (κ3) is 4.15. The summed E-state index contributed by atoms with van der Waals surface area (Å²) in [5, 5.41) is 5.13. The van der Waals surface area contributed by atoms with Gasteiger partial charge in [-0.15, -0.1) is 0 Å². The molecule has 1 heterocycles. The minimum Gasteiger partial charge on any atom is -0.485 e. The summed E-state index contributed by atoms with van der Waals surface area (Å²) >= 11 is 18.0. The zero-order valence-corrected chi connectivity index (χ0v) is 14.3. The molecule has 0 aliphatic rings. The van der Waals surface area contributed by atoms with Gasteiger partial charge >= 0.3 is 0 Å². The fraction of sp³-hybridized carbons (Fsp3) is 0.333. The SMILES string of the molecule is CCCCn1ncc(OCc2ccc(Cl)cc2Cl)c(Cl)c1=O. The second-order valence-corrected chi connectivity index (χ2v) is 5.95. The molecule has 0 saturated heterocycles. The molecule has 0 N–H and O–H groups in total. The summed E-state index contributed by atoms with van der Waals surface area (Å²) in [4.78, 5) is 12.1. The second kappa shape index (κ2) is 7.86. The van der Waals surface area contributed by atoms with Crippen molar-refractivity contribution in [2.24, 2.45) is 0 Å². The molecular formula is C15H15Cl3N2O2. The Hall–Kier alpha value is -1.23. The zero-order chi connectivity index (χ0) is 16.1. The molecule has 22 heavy (non-hydrogen) atoms. The molecule has 0 aliphatic carbocycles. The lowest BCUT2D eigenvalue weighted by atomic mass is 10.2. The standard InChI is InChI=1S/C15H15Cl3N2O2/c1-2-3-6-20-15(21)14(18)13(8-19-20)22-9-10-4-5-11(16)7-12(10)17/h4-5,7-8H,2-3,6,9H2,1H3. The molecule has 0 fully saturated rings. The summed E-state index contributed by atoms with van der Waals surface area (Å²) in [6.45, 7) is 2.76. The molecule has 2 rings (SSSR count). The van der Waals surface area contributed by atoms with Crippen LogP contribution in [0.4, 0.5) is 0 Å². The van der Waals surface area contributed by atoms with Crippen LogP contribution in [0.1, 0.15) is 25.3 Å². The fourth-order valence-electron chi connectivity index (χ4n) is 1.81. The lowest BCUT2D eigenvalue weighted by Gasteiger charge is -2.10. The maximum Gasteiger partial charge on any atom is 0.289 e. The molecule has 0 saturated carbocycles. The van der Waals surface area contributed by atoms with Crippen molar-refractivity contribution in [1.82, 2.24) is 9.78 Å². The van der Waals surface area contributed by atoms with Crippen LogP contribution in [0.5, 0.6) is 5.75 Å². The summed E-state index contributed by atoms with van der Waals surface area (Å²) in [7, 11) is 0. The Kier molecular flexibility index (Phi) is 6.12. The molecule has 7 heteroatoms. The van der Waals surface area contributed by atoms with Gasteiger partial charge in [0.25, 0.3) is 5.56 Å². The van der Waals surface area contributed by atoms with Crippen LogP contribution in [0, 0.1) is 0 Å². The summed E-state index contributed by atoms with van der Waals surface area (Å²) in [5.41, 5.74) is 0.395. The number of aromatic nitrogens is 2. The third-order valence-electron chi connectivity index (χ3n) is 3.07. The minimum atomic E-state index is -0.352. The van der Waals surface area contributed by atoms with Gasteiger partial charge in [-0.3, -0.25) is 4.79 Å². The number of halogens is 3. The maximum atomic E-state index is 12.1. The van der Waals surface area contributed by atoms with Crippen molar-refractivity contribution in [3.8, 4) is 5.75 Å². The van der Waals surface area contributed by atoms with Crippen LogP contribution < -0.4 is 10.3 Å². The summed E-state index contributed by atoms with van der Waals surface area (Å²) in [5.74, 6) is 0.241. The van der Waals surface area contributed by atoms with Gasteiger partial charge in [-0.2, -0.15) is 5.10 Å². The number of hydrogen-bond donors (Lipinski definition) is 0. The van der Waals surface area contributed by atoms with E-state index < -0.39 is 0 Å². The van der Waals surface area contributed by atoms with Crippen LogP contribution in [0.15, 0.2) is 29.2 Å². The molecule has 118 valence electrons. The number of unbranched alkanes of at least 4 members (excludes halogenated alkanes) is 1. The van der Waals surface area contributed by atoms with E-state index >= 15 is 0 Å². The van der Waals surface area contributed by atoms with Crippen molar-refractivity contribution in [3.63, 3.8) is 0 Å². The maximum absolute atomic E-state index is 12.1. The normalized spacial score (nSPS) is 10.7. The van der Waals surface area contributed by atoms with Gasteiger partial charge in [-0.25, -0.2) is 4.68 Å². The smallest absolute Gasteiger partial charge is 0.289 e. The van der Waals surface area contributed by atoms with E-state index in [1.54, 1.807) is 18.2 Å². The average Bonchev–Trinajstić information content (AvgIpc) is 2.49. The van der Waals surface area contributed by atoms with Crippen molar-refractivity contribution < 1.29 is 4.74 Å². The number of ether oxygens (including phenoxy) is 1. The molecule has 0 unspecified atom stereocenters. The van der Waals surface area contributed by atoms with Crippen molar-refractivity contribution >= 4 is 34.8 Å². The Morgan fingerprint density at radius 2 is 2.05 bits per heavy atom. The van der Waals surface area contributed by atoms with E-state index in [1.165, 1.54) is 10.9 Å². The van der Waals surface area contributed by atoms with Gasteiger partial charge in [0.1, 0.15) is 6.61 Å². The van der Waals surface area contributed by atoms with E-state index in [2.05, 4.69) is 5.10 Å².